The summed E-state index contributed by atoms with van der Waals surface area (Å²) in [4.78, 5) is 4.31. The quantitative estimate of drug-likeness (QED) is 0.875. The first-order valence-corrected chi connectivity index (χ1v) is 6.06. The fraction of sp³-hybridized carbons (Fsp3) is 0.267. The number of hydrogen-bond acceptors (Lipinski definition) is 3. The topological polar surface area (TPSA) is 34.1 Å². The van der Waals surface area contributed by atoms with Crippen LogP contribution in [0, 0.1) is 6.92 Å². The molecular formula is C15H18N2O. The van der Waals surface area contributed by atoms with E-state index in [0.717, 1.165) is 18.0 Å². The molecule has 0 bridgehead atoms. The lowest BCUT2D eigenvalue weighted by Gasteiger charge is -2.07. The predicted molar refractivity (Wildman–Crippen MR) is 72.5 cm³/mol. The van der Waals surface area contributed by atoms with Gasteiger partial charge in [-0.3, -0.25) is 4.98 Å². The lowest BCUT2D eigenvalue weighted by atomic mass is 10.1. The Bertz CT molecular complexity index is 494. The molecule has 18 heavy (non-hydrogen) atoms. The second kappa shape index (κ2) is 6.17. The molecule has 3 heteroatoms. The molecule has 0 saturated carbocycles. The summed E-state index contributed by atoms with van der Waals surface area (Å²) in [7, 11) is 1.91. The molecular weight excluding hydrogens is 224 g/mol. The Hall–Kier alpha value is -1.87. The van der Waals surface area contributed by atoms with Crippen molar-refractivity contribution in [1.29, 1.82) is 0 Å². The summed E-state index contributed by atoms with van der Waals surface area (Å²) in [6.07, 6.45) is 1.77. The molecule has 1 heterocycles. The first-order chi connectivity index (χ1) is 8.78. The van der Waals surface area contributed by atoms with Crippen LogP contribution in [0.5, 0.6) is 5.75 Å². The van der Waals surface area contributed by atoms with Gasteiger partial charge in [-0.2, -0.15) is 0 Å². The second-order valence-corrected chi connectivity index (χ2v) is 4.29. The third-order valence-corrected chi connectivity index (χ3v) is 2.64. The molecule has 1 aromatic carbocycles. The van der Waals surface area contributed by atoms with Gasteiger partial charge in [0.05, 0.1) is 11.9 Å². The molecule has 3 nitrogen and oxygen atoms in total. The first kappa shape index (κ1) is 12.6. The van der Waals surface area contributed by atoms with E-state index in [9.17, 15) is 0 Å². The van der Waals surface area contributed by atoms with Gasteiger partial charge in [0, 0.05) is 6.54 Å². The summed E-state index contributed by atoms with van der Waals surface area (Å²) in [6.45, 7) is 3.44. The van der Waals surface area contributed by atoms with Crippen LogP contribution in [0.3, 0.4) is 0 Å². The lowest BCUT2D eigenvalue weighted by Crippen LogP contribution is -2.06. The number of nitrogens with zero attached hydrogens (tertiary/aromatic N) is 1. The maximum absolute atomic E-state index is 5.70. The van der Waals surface area contributed by atoms with Gasteiger partial charge in [-0.25, -0.2) is 0 Å². The van der Waals surface area contributed by atoms with Crippen LogP contribution in [0.25, 0.3) is 0 Å². The molecule has 0 atom stereocenters. The van der Waals surface area contributed by atoms with Crippen LogP contribution < -0.4 is 10.1 Å². The molecule has 1 aromatic heterocycles. The van der Waals surface area contributed by atoms with Crippen molar-refractivity contribution in [2.45, 2.75) is 20.1 Å². The van der Waals surface area contributed by atoms with Crippen molar-refractivity contribution in [3.05, 3.63) is 59.4 Å². The van der Waals surface area contributed by atoms with Crippen LogP contribution in [-0.2, 0) is 13.2 Å². The van der Waals surface area contributed by atoms with Crippen molar-refractivity contribution in [2.75, 3.05) is 7.05 Å². The zero-order chi connectivity index (χ0) is 12.8. The minimum Gasteiger partial charge on any atom is -0.487 e. The monoisotopic (exact) mass is 242 g/mol. The highest BCUT2D eigenvalue weighted by atomic mass is 16.5. The predicted octanol–water partition coefficient (Wildman–Crippen LogP) is 2.69. The lowest BCUT2D eigenvalue weighted by molar-refractivity contribution is 0.304. The normalized spacial score (nSPS) is 10.3. The maximum Gasteiger partial charge on any atom is 0.138 e. The fourth-order valence-electron chi connectivity index (χ4n) is 1.75. The molecule has 0 unspecified atom stereocenters. The Morgan fingerprint density at radius 2 is 2.11 bits per heavy atom. The summed E-state index contributed by atoms with van der Waals surface area (Å²) >= 11 is 0. The fourth-order valence-corrected chi connectivity index (χ4v) is 1.75. The molecule has 1 N–H and O–H groups in total. The SMILES string of the molecule is CNCc1ccc(OCc2cccc(C)c2)cn1. The van der Waals surface area contributed by atoms with Gasteiger partial charge in [-0.05, 0) is 31.7 Å². The highest BCUT2D eigenvalue weighted by Gasteiger charge is 1.98. The van der Waals surface area contributed by atoms with Crippen molar-refractivity contribution in [1.82, 2.24) is 10.3 Å². The standard InChI is InChI=1S/C15H18N2O/c1-12-4-3-5-13(8-12)11-18-15-7-6-14(9-16-2)17-10-15/h3-8,10,16H,9,11H2,1-2H3. The van der Waals surface area contributed by atoms with Crippen LogP contribution in [0.2, 0.25) is 0 Å². The minimum absolute atomic E-state index is 0.578. The van der Waals surface area contributed by atoms with Crippen LogP contribution in [-0.4, -0.2) is 12.0 Å². The van der Waals surface area contributed by atoms with E-state index in [-0.39, 0.29) is 0 Å². The number of rotatable bonds is 5. The summed E-state index contributed by atoms with van der Waals surface area (Å²) < 4.78 is 5.70. The first-order valence-electron chi connectivity index (χ1n) is 6.06. The molecule has 2 rings (SSSR count). The second-order valence-electron chi connectivity index (χ2n) is 4.29. The smallest absolute Gasteiger partial charge is 0.138 e. The molecule has 0 saturated heterocycles. The Morgan fingerprint density at radius 3 is 2.78 bits per heavy atom. The average molecular weight is 242 g/mol. The number of ether oxygens (including phenoxy) is 1. The summed E-state index contributed by atoms with van der Waals surface area (Å²) in [5.41, 5.74) is 3.44. The number of aryl methyl sites for hydroxylation is 1. The third-order valence-electron chi connectivity index (χ3n) is 2.64. The van der Waals surface area contributed by atoms with Gasteiger partial charge >= 0.3 is 0 Å². The maximum atomic E-state index is 5.70. The number of pyridine rings is 1. The highest BCUT2D eigenvalue weighted by molar-refractivity contribution is 5.24. The zero-order valence-corrected chi connectivity index (χ0v) is 10.8. The van der Waals surface area contributed by atoms with Crippen LogP contribution >= 0.6 is 0 Å². The van der Waals surface area contributed by atoms with Gasteiger partial charge < -0.3 is 10.1 Å². The Labute approximate surface area is 108 Å². The van der Waals surface area contributed by atoms with Crippen LogP contribution in [0.1, 0.15) is 16.8 Å². The van der Waals surface area contributed by atoms with Gasteiger partial charge in [-0.15, -0.1) is 0 Å². The third kappa shape index (κ3) is 3.57. The summed E-state index contributed by atoms with van der Waals surface area (Å²) in [5, 5.41) is 3.06. The average Bonchev–Trinajstić information content (AvgIpc) is 2.38. The van der Waals surface area contributed by atoms with Gasteiger partial charge in [0.1, 0.15) is 12.4 Å². The van der Waals surface area contributed by atoms with E-state index in [4.69, 9.17) is 4.74 Å². The van der Waals surface area contributed by atoms with Crippen molar-refractivity contribution < 1.29 is 4.74 Å². The van der Waals surface area contributed by atoms with E-state index < -0.39 is 0 Å². The molecule has 0 aliphatic heterocycles. The van der Waals surface area contributed by atoms with Crippen molar-refractivity contribution >= 4 is 0 Å². The molecule has 94 valence electrons. The van der Waals surface area contributed by atoms with Gasteiger partial charge in [0.15, 0.2) is 0 Å². The van der Waals surface area contributed by atoms with Crippen molar-refractivity contribution in [3.63, 3.8) is 0 Å². The largest absolute Gasteiger partial charge is 0.487 e. The minimum atomic E-state index is 0.578. The molecule has 0 aliphatic rings. The molecule has 0 fully saturated rings. The van der Waals surface area contributed by atoms with Crippen LogP contribution in [0.15, 0.2) is 42.6 Å². The van der Waals surface area contributed by atoms with Gasteiger partial charge in [0.2, 0.25) is 0 Å². The van der Waals surface area contributed by atoms with Crippen molar-refractivity contribution in [2.24, 2.45) is 0 Å². The van der Waals surface area contributed by atoms with Gasteiger partial charge in [0.25, 0.3) is 0 Å². The van der Waals surface area contributed by atoms with E-state index in [2.05, 4.69) is 35.4 Å². The van der Waals surface area contributed by atoms with E-state index in [1.165, 1.54) is 11.1 Å². The van der Waals surface area contributed by atoms with E-state index >= 15 is 0 Å². The Morgan fingerprint density at radius 1 is 1.22 bits per heavy atom. The molecule has 0 amide bonds. The number of hydrogen-bond donors (Lipinski definition) is 1. The Kier molecular flexibility index (Phi) is 4.31. The number of benzene rings is 1. The molecule has 0 aliphatic carbocycles. The highest BCUT2D eigenvalue weighted by Crippen LogP contribution is 2.12. The van der Waals surface area contributed by atoms with E-state index in [1.807, 2.05) is 25.2 Å². The number of nitrogens with one attached hydrogen (secondary N) is 1. The molecule has 0 spiro atoms. The van der Waals surface area contributed by atoms with Crippen molar-refractivity contribution in [3.8, 4) is 5.75 Å². The van der Waals surface area contributed by atoms with E-state index in [1.54, 1.807) is 6.20 Å². The number of aromatic nitrogens is 1. The zero-order valence-electron chi connectivity index (χ0n) is 10.8. The summed E-state index contributed by atoms with van der Waals surface area (Å²) in [6, 6.07) is 12.2. The van der Waals surface area contributed by atoms with Crippen LogP contribution in [0.4, 0.5) is 0 Å². The summed E-state index contributed by atoms with van der Waals surface area (Å²) in [5.74, 6) is 0.802. The Balaban J connectivity index is 1.93. The van der Waals surface area contributed by atoms with Gasteiger partial charge in [-0.1, -0.05) is 29.8 Å². The molecule has 2 aromatic rings. The molecule has 0 radical (unpaired) electrons. The van der Waals surface area contributed by atoms with E-state index in [0.29, 0.717) is 6.61 Å².